The number of carboxylic acid groups (broad SMARTS) is 2. The molecular formula is C64H99N17O16S. The number of amides is 12. The van der Waals surface area contributed by atoms with Gasteiger partial charge in [0.25, 0.3) is 0 Å². The number of carbonyl (C=O) groups excluding carboxylic acids is 12. The number of aliphatic imine (C=N–C) groups is 1. The van der Waals surface area contributed by atoms with Crippen LogP contribution in [0, 0.1) is 23.7 Å². The van der Waals surface area contributed by atoms with Crippen molar-refractivity contribution in [1.82, 2.24) is 68.5 Å². The standard InChI is InChI=1S/C64H99N17O16S/c1-9-35(8)52-63(97)78-42(25-36-16-11-10-12-17-36)57(91)75-43(26-37-29-68-31-70-37)58(92)77-45(28-49(85)86)60(94)76-44(27-47(66)82)59(93)72-38(53(87)71-39(19-15-22-65)54(88)81-52)18-13-14-23-69-62(96)51(34(6)7)80-55(89)40(20-21-48(83)84)73-56(90)41(24-32(2)3)74-61(95)46-30-98-64(79-46)50(67)33(4)5/h10-12,16-17,29,31-35,38-46,50-52H,9,13-15,18-28,30,65,67H2,1-8H3,(H2,66,82)(H,68,70)(H,69,96)(H,71,87)(H,72,93)(H,73,90)(H,74,95)(H,75,91)(H,76,94)(H,77,92)(H,78,97)(H,80,89)(H,81,88)(H,83,84)(H,85,86). The Morgan fingerprint density at radius 3 is 1.73 bits per heavy atom. The number of aromatic amines is 1. The van der Waals surface area contributed by atoms with Crippen molar-refractivity contribution in [1.29, 1.82) is 0 Å². The minimum Gasteiger partial charge on any atom is -0.481 e. The predicted molar refractivity (Wildman–Crippen MR) is 360 cm³/mol. The molecule has 2 aliphatic rings. The van der Waals surface area contributed by atoms with E-state index in [1.165, 1.54) is 24.3 Å². The van der Waals surface area contributed by atoms with Gasteiger partial charge < -0.3 is 90.9 Å². The normalized spacial score (nSPS) is 22.3. The van der Waals surface area contributed by atoms with E-state index < -0.39 is 187 Å². The first-order valence-electron chi connectivity index (χ1n) is 33.0. The lowest BCUT2D eigenvalue weighted by Crippen LogP contribution is -2.61. The van der Waals surface area contributed by atoms with Gasteiger partial charge in [-0.1, -0.05) is 92.1 Å². The van der Waals surface area contributed by atoms with Gasteiger partial charge in [-0.05, 0) is 80.7 Å². The molecule has 0 spiro atoms. The second-order valence-electron chi connectivity index (χ2n) is 25.7. The average molecular weight is 1390 g/mol. The molecule has 2 aromatic rings. The van der Waals surface area contributed by atoms with Crippen LogP contribution in [0.3, 0.4) is 0 Å². The van der Waals surface area contributed by atoms with Gasteiger partial charge in [-0.2, -0.15) is 0 Å². The molecule has 13 unspecified atom stereocenters. The molecule has 1 fully saturated rings. The van der Waals surface area contributed by atoms with Gasteiger partial charge in [0.1, 0.15) is 66.5 Å². The first kappa shape index (κ1) is 81.4. The van der Waals surface area contributed by atoms with Crippen LogP contribution in [0.4, 0.5) is 0 Å². The minimum atomic E-state index is -2.00. The van der Waals surface area contributed by atoms with Gasteiger partial charge in [0, 0.05) is 43.5 Å². The Hall–Kier alpha value is -9.05. The summed E-state index contributed by atoms with van der Waals surface area (Å²) in [6.45, 7) is 14.0. The number of aliphatic carboxylic acids is 2. The molecular weight excluding hydrogens is 1290 g/mol. The number of imidazole rings is 1. The molecule has 1 aromatic heterocycles. The van der Waals surface area contributed by atoms with E-state index in [2.05, 4.69) is 73.4 Å². The predicted octanol–water partition coefficient (Wildman–Crippen LogP) is -2.46. The fourth-order valence-corrected chi connectivity index (χ4v) is 11.7. The van der Waals surface area contributed by atoms with Crippen LogP contribution in [-0.2, 0) is 80.0 Å². The van der Waals surface area contributed by atoms with Crippen LogP contribution in [0.5, 0.6) is 0 Å². The molecule has 2 aliphatic heterocycles. The van der Waals surface area contributed by atoms with E-state index in [1.807, 2.05) is 27.7 Å². The Kier molecular flexibility index (Phi) is 33.7. The van der Waals surface area contributed by atoms with Crippen molar-refractivity contribution >= 4 is 99.6 Å². The van der Waals surface area contributed by atoms with E-state index in [-0.39, 0.29) is 82.3 Å². The second kappa shape index (κ2) is 40.6. The molecule has 0 bridgehead atoms. The summed E-state index contributed by atoms with van der Waals surface area (Å²) in [4.78, 5) is 205. The summed E-state index contributed by atoms with van der Waals surface area (Å²) >= 11 is 1.35. The highest BCUT2D eigenvalue weighted by Crippen LogP contribution is 2.23. The van der Waals surface area contributed by atoms with Gasteiger partial charge in [-0.15, -0.1) is 11.8 Å². The molecule has 34 heteroatoms. The van der Waals surface area contributed by atoms with E-state index in [4.69, 9.17) is 17.2 Å². The van der Waals surface area contributed by atoms with Crippen LogP contribution in [0.25, 0.3) is 0 Å². The highest BCUT2D eigenvalue weighted by atomic mass is 32.2. The number of carboxylic acids is 2. The number of hydrogen-bond donors (Lipinski definition) is 17. The lowest BCUT2D eigenvalue weighted by atomic mass is 9.96. The molecule has 542 valence electrons. The van der Waals surface area contributed by atoms with Crippen LogP contribution in [0.15, 0.2) is 47.8 Å². The van der Waals surface area contributed by atoms with Gasteiger partial charge in [0.2, 0.25) is 70.9 Å². The van der Waals surface area contributed by atoms with Gasteiger partial charge in [0.05, 0.1) is 30.3 Å². The Balaban J connectivity index is 1.65. The van der Waals surface area contributed by atoms with Crippen molar-refractivity contribution in [2.45, 2.75) is 211 Å². The van der Waals surface area contributed by atoms with Crippen molar-refractivity contribution in [3.8, 4) is 0 Å². The van der Waals surface area contributed by atoms with Crippen LogP contribution < -0.4 is 75.7 Å². The number of unbranched alkanes of at least 4 members (excludes halogenated alkanes) is 1. The molecule has 1 aromatic carbocycles. The van der Waals surface area contributed by atoms with Crippen molar-refractivity contribution < 1.29 is 77.3 Å². The Morgan fingerprint density at radius 2 is 1.18 bits per heavy atom. The second-order valence-corrected chi connectivity index (χ2v) is 26.7. The zero-order valence-electron chi connectivity index (χ0n) is 56.7. The Labute approximate surface area is 573 Å². The first-order valence-corrected chi connectivity index (χ1v) is 34.0. The average Bonchev–Trinajstić information content (AvgIpc) is 1.93. The van der Waals surface area contributed by atoms with Crippen molar-refractivity contribution in [3.05, 3.63) is 54.1 Å². The van der Waals surface area contributed by atoms with E-state index in [0.717, 1.165) is 0 Å². The van der Waals surface area contributed by atoms with Gasteiger partial charge in [-0.25, -0.2) is 4.98 Å². The summed E-state index contributed by atoms with van der Waals surface area (Å²) in [5.74, 6) is -15.2. The Morgan fingerprint density at radius 1 is 0.633 bits per heavy atom. The van der Waals surface area contributed by atoms with Crippen LogP contribution in [-0.4, -0.2) is 199 Å². The lowest BCUT2D eigenvalue weighted by molar-refractivity contribution is -0.142. The van der Waals surface area contributed by atoms with Crippen LogP contribution in [0.2, 0.25) is 0 Å². The smallest absolute Gasteiger partial charge is 0.305 e. The summed E-state index contributed by atoms with van der Waals surface area (Å²) in [5, 5.41) is 48.7. The van der Waals surface area contributed by atoms with E-state index in [9.17, 15) is 77.3 Å². The number of thioether (sulfide) groups is 1. The number of aromatic nitrogens is 2. The van der Waals surface area contributed by atoms with Crippen molar-refractivity contribution in [2.24, 2.45) is 45.9 Å². The number of rotatable bonds is 33. The molecule has 0 aliphatic carbocycles. The fraction of sp³-hybridized carbons (Fsp3) is 0.625. The third-order valence-corrected chi connectivity index (χ3v) is 17.6. The minimum absolute atomic E-state index is 0.000584. The number of carbonyl (C=O) groups is 14. The molecule has 1 saturated heterocycles. The molecule has 12 amide bonds. The number of hydrogen-bond acceptors (Lipinski definition) is 19. The van der Waals surface area contributed by atoms with Gasteiger partial charge in [-0.3, -0.25) is 72.1 Å². The quantitative estimate of drug-likeness (QED) is 0.0330. The summed E-state index contributed by atoms with van der Waals surface area (Å²) in [7, 11) is 0. The number of benzene rings is 1. The van der Waals surface area contributed by atoms with E-state index in [0.29, 0.717) is 28.5 Å². The highest BCUT2D eigenvalue weighted by molar-refractivity contribution is 8.14. The summed E-state index contributed by atoms with van der Waals surface area (Å²) in [6, 6.07) is -8.09. The number of nitrogens with one attached hydrogen (secondary N) is 12. The molecule has 98 heavy (non-hydrogen) atoms. The SMILES string of the molecule is CCC(C)C1NC(=O)C(CCCN)NC(=O)C(CCCCNC(=O)C(NC(=O)C(CCC(=O)O)NC(=O)C(CC(C)C)NC(=O)C2CSC(C(N)C(C)C)=N2)C(C)C)NC(=O)C(CC(N)=O)NC(=O)C(CC(=O)O)NC(=O)C(Cc2cnc[nH]2)NC(=O)C(Cc2ccccc2)NC1=O. The maximum Gasteiger partial charge on any atom is 0.305 e. The lowest BCUT2D eigenvalue weighted by Gasteiger charge is -2.29. The third-order valence-electron chi connectivity index (χ3n) is 16.4. The third kappa shape index (κ3) is 27.1. The zero-order chi connectivity index (χ0) is 72.9. The molecule has 33 nitrogen and oxygen atoms in total. The monoisotopic (exact) mass is 1390 g/mol. The van der Waals surface area contributed by atoms with Gasteiger partial charge >= 0.3 is 11.9 Å². The first-order chi connectivity index (χ1) is 46.3. The zero-order valence-corrected chi connectivity index (χ0v) is 57.6. The largest absolute Gasteiger partial charge is 0.481 e. The molecule has 0 radical (unpaired) electrons. The van der Waals surface area contributed by atoms with E-state index >= 15 is 0 Å². The maximum absolute atomic E-state index is 14.7. The summed E-state index contributed by atoms with van der Waals surface area (Å²) < 4.78 is 0. The number of nitrogens with two attached hydrogens (primary N) is 3. The number of primary amides is 1. The number of nitrogens with zero attached hydrogens (tertiary/aromatic N) is 2. The Bertz CT molecular complexity index is 3120. The summed E-state index contributed by atoms with van der Waals surface area (Å²) in [5.41, 5.74) is 18.6. The van der Waals surface area contributed by atoms with Crippen molar-refractivity contribution in [3.63, 3.8) is 0 Å². The fourth-order valence-electron chi connectivity index (χ4n) is 10.5. The molecule has 4 rings (SSSR count). The van der Waals surface area contributed by atoms with Crippen LogP contribution in [0.1, 0.15) is 137 Å². The molecule has 20 N–H and O–H groups in total. The molecule has 0 saturated carbocycles. The molecule has 13 atom stereocenters. The highest BCUT2D eigenvalue weighted by Gasteiger charge is 2.39. The summed E-state index contributed by atoms with van der Waals surface area (Å²) in [6.07, 6.45) is -0.582. The molecule has 3 heterocycles. The van der Waals surface area contributed by atoms with Crippen molar-refractivity contribution in [2.75, 3.05) is 18.8 Å². The van der Waals surface area contributed by atoms with Crippen LogP contribution >= 0.6 is 11.8 Å². The maximum atomic E-state index is 14.7. The van der Waals surface area contributed by atoms with Gasteiger partial charge in [0.15, 0.2) is 0 Å². The van der Waals surface area contributed by atoms with E-state index in [1.54, 1.807) is 58.0 Å². The number of H-pyrrole nitrogens is 1. The topological polar surface area (TPSA) is 531 Å².